The second kappa shape index (κ2) is 3.74. The topological polar surface area (TPSA) is 47.6 Å². The summed E-state index contributed by atoms with van der Waals surface area (Å²) in [6, 6.07) is 0. The number of ether oxygens (including phenoxy) is 2. The zero-order valence-corrected chi connectivity index (χ0v) is 7.48. The first-order valence-electron chi connectivity index (χ1n) is 4.07. The van der Waals surface area contributed by atoms with E-state index < -0.39 is 17.9 Å². The number of nitrogens with one attached hydrogen (secondary N) is 1. The largest absolute Gasteiger partial charge is 0.463 e. The third kappa shape index (κ3) is 1.69. The third-order valence-electron chi connectivity index (χ3n) is 1.76. The van der Waals surface area contributed by atoms with Crippen molar-refractivity contribution in [2.45, 2.75) is 18.8 Å². The van der Waals surface area contributed by atoms with Gasteiger partial charge in [0.25, 0.3) is 0 Å². The summed E-state index contributed by atoms with van der Waals surface area (Å²) in [5.74, 6) is -1.44. The van der Waals surface area contributed by atoms with Gasteiger partial charge in [0, 0.05) is 6.54 Å². The molecule has 7 heteroatoms. The van der Waals surface area contributed by atoms with Crippen LogP contribution in [-0.4, -0.2) is 37.6 Å². The zero-order valence-electron chi connectivity index (χ0n) is 7.48. The minimum absolute atomic E-state index is 0.0294. The number of carbonyl (C=O) groups is 1. The highest BCUT2D eigenvalue weighted by atomic mass is 19.4. The molecule has 1 aliphatic rings. The van der Waals surface area contributed by atoms with Crippen molar-refractivity contribution in [3.8, 4) is 0 Å². The van der Waals surface area contributed by atoms with E-state index in [4.69, 9.17) is 0 Å². The van der Waals surface area contributed by atoms with E-state index in [1.54, 1.807) is 0 Å². The van der Waals surface area contributed by atoms with Crippen LogP contribution in [0.2, 0.25) is 0 Å². The Morgan fingerprint density at radius 3 is 2.64 bits per heavy atom. The summed E-state index contributed by atoms with van der Waals surface area (Å²) < 4.78 is 46.2. The Bertz CT molecular complexity index is 223. The zero-order chi connectivity index (χ0) is 10.8. The fourth-order valence-corrected chi connectivity index (χ4v) is 1.14. The average Bonchev–Trinajstić information content (AvgIpc) is 2.51. The van der Waals surface area contributed by atoms with E-state index in [9.17, 15) is 18.0 Å². The minimum Gasteiger partial charge on any atom is -0.463 e. The molecule has 0 radical (unpaired) electrons. The lowest BCUT2D eigenvalue weighted by Crippen LogP contribution is -2.60. The van der Waals surface area contributed by atoms with Crippen LogP contribution in [0.5, 0.6) is 0 Å². The van der Waals surface area contributed by atoms with Crippen molar-refractivity contribution in [1.82, 2.24) is 5.32 Å². The molecule has 0 aliphatic carbocycles. The van der Waals surface area contributed by atoms with Gasteiger partial charge in [0.05, 0.1) is 13.2 Å². The molecule has 0 aromatic heterocycles. The molecule has 0 saturated carbocycles. The highest BCUT2D eigenvalue weighted by molar-refractivity contribution is 5.80. The van der Waals surface area contributed by atoms with E-state index in [0.717, 1.165) is 0 Å². The van der Waals surface area contributed by atoms with Crippen LogP contribution >= 0.6 is 0 Å². The van der Waals surface area contributed by atoms with Gasteiger partial charge in [-0.15, -0.1) is 0 Å². The van der Waals surface area contributed by atoms with Crippen LogP contribution in [0, 0.1) is 0 Å². The lowest BCUT2D eigenvalue weighted by atomic mass is 10.2. The number of hydrogen-bond donors (Lipinski definition) is 1. The Hall–Kier alpha value is -0.820. The van der Waals surface area contributed by atoms with Gasteiger partial charge >= 0.3 is 17.9 Å². The smallest absolute Gasteiger partial charge is 0.442 e. The van der Waals surface area contributed by atoms with Crippen molar-refractivity contribution in [2.24, 2.45) is 0 Å². The Kier molecular flexibility index (Phi) is 3.01. The van der Waals surface area contributed by atoms with E-state index in [1.165, 1.54) is 6.92 Å². The quantitative estimate of drug-likeness (QED) is 0.675. The fourth-order valence-electron chi connectivity index (χ4n) is 1.14. The van der Waals surface area contributed by atoms with Crippen molar-refractivity contribution >= 4 is 5.97 Å². The van der Waals surface area contributed by atoms with Crippen molar-refractivity contribution in [3.63, 3.8) is 0 Å². The molecule has 1 unspecified atom stereocenters. The number of hydrogen-bond acceptors (Lipinski definition) is 4. The molecule has 0 aromatic rings. The van der Waals surface area contributed by atoms with Crippen molar-refractivity contribution < 1.29 is 27.4 Å². The molecule has 1 heterocycles. The third-order valence-corrected chi connectivity index (χ3v) is 1.76. The number of rotatable bonds is 2. The predicted octanol–water partition coefficient (Wildman–Crippen LogP) is 0.428. The molecule has 1 aliphatic heterocycles. The first-order valence-corrected chi connectivity index (χ1v) is 4.07. The molecule has 82 valence electrons. The number of alkyl halides is 3. The summed E-state index contributed by atoms with van der Waals surface area (Å²) in [4.78, 5) is 11.1. The van der Waals surface area contributed by atoms with Crippen LogP contribution in [-0.2, 0) is 14.3 Å². The van der Waals surface area contributed by atoms with Crippen LogP contribution in [0.4, 0.5) is 13.2 Å². The van der Waals surface area contributed by atoms with Crippen LogP contribution < -0.4 is 5.32 Å². The maximum atomic E-state index is 12.5. The van der Waals surface area contributed by atoms with Gasteiger partial charge in [-0.2, -0.15) is 13.2 Å². The van der Waals surface area contributed by atoms with Gasteiger partial charge in [-0.25, -0.2) is 4.79 Å². The first kappa shape index (κ1) is 11.3. The number of carbonyl (C=O) groups excluding carboxylic acids is 1. The van der Waals surface area contributed by atoms with E-state index in [-0.39, 0.29) is 19.8 Å². The van der Waals surface area contributed by atoms with Crippen molar-refractivity contribution in [3.05, 3.63) is 0 Å². The summed E-state index contributed by atoms with van der Waals surface area (Å²) in [6.07, 6.45) is -4.81. The van der Waals surface area contributed by atoms with E-state index in [1.807, 2.05) is 5.32 Å². The summed E-state index contributed by atoms with van der Waals surface area (Å²) in [7, 11) is 0. The molecule has 1 N–H and O–H groups in total. The SMILES string of the molecule is CCOC(=O)C1(C(F)(F)F)NCCO1. The average molecular weight is 213 g/mol. The molecular weight excluding hydrogens is 203 g/mol. The maximum Gasteiger partial charge on any atom is 0.442 e. The highest BCUT2D eigenvalue weighted by Crippen LogP contribution is 2.34. The van der Waals surface area contributed by atoms with Crippen LogP contribution in [0.15, 0.2) is 0 Å². The highest BCUT2D eigenvalue weighted by Gasteiger charge is 2.65. The Morgan fingerprint density at radius 1 is 1.64 bits per heavy atom. The van der Waals surface area contributed by atoms with Crippen LogP contribution in [0.25, 0.3) is 0 Å². The van der Waals surface area contributed by atoms with Gasteiger partial charge in [0.15, 0.2) is 0 Å². The van der Waals surface area contributed by atoms with Gasteiger partial charge in [-0.05, 0) is 6.92 Å². The molecule has 1 fully saturated rings. The minimum atomic E-state index is -4.81. The fraction of sp³-hybridized carbons (Fsp3) is 0.857. The summed E-state index contributed by atoms with van der Waals surface area (Å²) in [5, 5.41) is 1.97. The van der Waals surface area contributed by atoms with Gasteiger partial charge < -0.3 is 9.47 Å². The Morgan fingerprint density at radius 2 is 2.29 bits per heavy atom. The van der Waals surface area contributed by atoms with E-state index in [0.29, 0.717) is 0 Å². The first-order chi connectivity index (χ1) is 6.44. The standard InChI is InChI=1S/C7H10F3NO3/c1-2-13-5(12)6(7(8,9)10)11-3-4-14-6/h11H,2-4H2,1H3. The molecule has 14 heavy (non-hydrogen) atoms. The molecule has 0 bridgehead atoms. The maximum absolute atomic E-state index is 12.5. The Balaban J connectivity index is 2.87. The predicted molar refractivity (Wildman–Crippen MR) is 39.4 cm³/mol. The molecule has 0 amide bonds. The lowest BCUT2D eigenvalue weighted by Gasteiger charge is -2.27. The molecule has 0 aromatic carbocycles. The second-order valence-electron chi connectivity index (χ2n) is 2.67. The molecular formula is C7H10F3NO3. The number of halogens is 3. The normalized spacial score (nSPS) is 27.7. The van der Waals surface area contributed by atoms with E-state index in [2.05, 4.69) is 9.47 Å². The molecule has 0 spiro atoms. The van der Waals surface area contributed by atoms with Crippen molar-refractivity contribution in [2.75, 3.05) is 19.8 Å². The molecule has 1 saturated heterocycles. The van der Waals surface area contributed by atoms with E-state index >= 15 is 0 Å². The van der Waals surface area contributed by atoms with Gasteiger partial charge in [-0.1, -0.05) is 0 Å². The summed E-state index contributed by atoms with van der Waals surface area (Å²) in [6.45, 7) is 1.11. The van der Waals surface area contributed by atoms with Crippen molar-refractivity contribution in [1.29, 1.82) is 0 Å². The summed E-state index contributed by atoms with van der Waals surface area (Å²) >= 11 is 0. The number of esters is 1. The molecule has 1 rings (SSSR count). The van der Waals surface area contributed by atoms with Gasteiger partial charge in [-0.3, -0.25) is 5.32 Å². The Labute approximate surface area is 78.4 Å². The van der Waals surface area contributed by atoms with Crippen LogP contribution in [0.1, 0.15) is 6.92 Å². The molecule has 4 nitrogen and oxygen atoms in total. The van der Waals surface area contributed by atoms with Gasteiger partial charge in [0.2, 0.25) is 0 Å². The van der Waals surface area contributed by atoms with Crippen LogP contribution in [0.3, 0.4) is 0 Å². The second-order valence-corrected chi connectivity index (χ2v) is 2.67. The monoisotopic (exact) mass is 213 g/mol. The molecule has 1 atom stereocenters. The summed E-state index contributed by atoms with van der Waals surface area (Å²) in [5.41, 5.74) is -2.97. The lowest BCUT2D eigenvalue weighted by molar-refractivity contribution is -0.271. The van der Waals surface area contributed by atoms with Gasteiger partial charge in [0.1, 0.15) is 0 Å².